The van der Waals surface area contributed by atoms with E-state index in [1.54, 1.807) is 0 Å². The monoisotopic (exact) mass is 818 g/mol. The van der Waals surface area contributed by atoms with Gasteiger partial charge in [-0.2, -0.15) is 0 Å². The van der Waals surface area contributed by atoms with Crippen LogP contribution in [-0.4, -0.2) is 78.9 Å². The average Bonchev–Trinajstić information content (AvgIpc) is 3.90. The molecule has 58 heavy (non-hydrogen) atoms. The third-order valence-corrected chi connectivity index (χ3v) is 22.2. The molecule has 0 radical (unpaired) electrons. The van der Waals surface area contributed by atoms with Crippen LogP contribution in [0.4, 0.5) is 0 Å². The highest BCUT2D eigenvalue weighted by atomic mass is 28.4. The molecule has 4 N–H and O–H groups in total. The van der Waals surface area contributed by atoms with E-state index in [9.17, 15) is 9.59 Å². The number of nitrogens with one attached hydrogen (secondary N) is 4. The van der Waals surface area contributed by atoms with Crippen molar-refractivity contribution < 1.29 is 18.4 Å². The quantitative estimate of drug-likeness (QED) is 0.0843. The fourth-order valence-corrected chi connectivity index (χ4v) is 18.5. The van der Waals surface area contributed by atoms with Gasteiger partial charge in [-0.15, -0.1) is 0 Å². The molecule has 0 spiro atoms. The second kappa shape index (κ2) is 19.4. The van der Waals surface area contributed by atoms with E-state index >= 15 is 0 Å². The average molecular weight is 819 g/mol. The highest BCUT2D eigenvalue weighted by molar-refractivity contribution is 7.00. The zero-order chi connectivity index (χ0) is 41.2. The van der Waals surface area contributed by atoms with Gasteiger partial charge in [0.25, 0.3) is 16.6 Å². The molecule has 8 nitrogen and oxygen atoms in total. The summed E-state index contributed by atoms with van der Waals surface area (Å²) < 4.78 is 14.5. The molecule has 2 saturated heterocycles. The van der Waals surface area contributed by atoms with Crippen LogP contribution in [-0.2, 0) is 18.4 Å². The van der Waals surface area contributed by atoms with Gasteiger partial charge in [-0.25, -0.2) is 0 Å². The highest BCUT2D eigenvalue weighted by Crippen LogP contribution is 2.39. The zero-order valence-corrected chi connectivity index (χ0v) is 37.6. The van der Waals surface area contributed by atoms with E-state index < -0.39 is 16.6 Å². The maximum atomic E-state index is 13.2. The molecule has 4 aromatic carbocycles. The van der Waals surface area contributed by atoms with Gasteiger partial charge in [-0.3, -0.25) is 9.59 Å². The van der Waals surface area contributed by atoms with Crippen LogP contribution < -0.4 is 42.0 Å². The Labute approximate surface area is 349 Å². The van der Waals surface area contributed by atoms with Gasteiger partial charge in [0.05, 0.1) is 24.3 Å². The van der Waals surface area contributed by atoms with E-state index in [0.717, 1.165) is 25.7 Å². The molecule has 2 aliphatic heterocycles. The van der Waals surface area contributed by atoms with Crippen LogP contribution in [0.25, 0.3) is 0 Å². The Hall–Kier alpha value is -3.91. The predicted molar refractivity (Wildman–Crippen MR) is 242 cm³/mol. The second-order valence-corrected chi connectivity index (χ2v) is 26.7. The van der Waals surface area contributed by atoms with Gasteiger partial charge >= 0.3 is 0 Å². The van der Waals surface area contributed by atoms with Crippen LogP contribution in [0.2, 0.25) is 10.1 Å². The highest BCUT2D eigenvalue weighted by Gasteiger charge is 2.53. The van der Waals surface area contributed by atoms with Crippen LogP contribution in [0.3, 0.4) is 0 Å². The fourth-order valence-electron chi connectivity index (χ4n) is 9.14. The third-order valence-electron chi connectivity index (χ3n) is 12.0. The summed E-state index contributed by atoms with van der Waals surface area (Å²) in [6.45, 7) is 16.3. The molecule has 2 heterocycles. The molecule has 2 amide bonds. The molecule has 2 aliphatic rings. The molecular formula is C48H66N4O4Si2. The Balaban J connectivity index is 0.912. The first kappa shape index (κ1) is 43.7. The number of hydrogen-bond donors (Lipinski definition) is 4. The number of carbonyl (C=O) groups excluding carboxylic acids is 2. The summed E-state index contributed by atoms with van der Waals surface area (Å²) in [5.74, 6) is 0.0872. The van der Waals surface area contributed by atoms with Gasteiger partial charge in [0.2, 0.25) is 11.8 Å². The van der Waals surface area contributed by atoms with Crippen LogP contribution >= 0.6 is 0 Å². The molecule has 4 atom stereocenters. The summed E-state index contributed by atoms with van der Waals surface area (Å²) >= 11 is 0. The minimum Gasteiger partial charge on any atom is -0.403 e. The van der Waals surface area contributed by atoms with Gasteiger partial charge in [0.1, 0.15) is 0 Å². The Morgan fingerprint density at radius 1 is 0.517 bits per heavy atom. The van der Waals surface area contributed by atoms with Crippen LogP contribution in [0, 0.1) is 0 Å². The number of benzene rings is 4. The maximum Gasteiger partial charge on any atom is 0.261 e. The van der Waals surface area contributed by atoms with Gasteiger partial charge in [-0.05, 0) is 56.5 Å². The van der Waals surface area contributed by atoms with Crippen LogP contribution in [0.1, 0.15) is 80.1 Å². The van der Waals surface area contributed by atoms with E-state index in [4.69, 9.17) is 8.85 Å². The van der Waals surface area contributed by atoms with Crippen molar-refractivity contribution in [3.8, 4) is 0 Å². The standard InChI is InChI=1S/C48H66N4O4Si2/c1-47(2,3)57(39-23-13-9-14-24-39,40-25-15-10-16-26-40)55-37-33-43(51-35-37)45(53)49-31-21-7-8-22-32-50-46(54)44-34-38(36-52-44)56-58(48(4,5)6,41-27-17-11-18-28-41)42-29-19-12-20-30-42/h9-20,23-30,37-38,43-44,51-52H,7-8,21-22,31-36H2,1-6H3,(H,49,53)(H,50,54)/t37-,38-,43+,44+/m1/s1. The van der Waals surface area contributed by atoms with Crippen molar-refractivity contribution in [3.63, 3.8) is 0 Å². The van der Waals surface area contributed by atoms with E-state index in [-0.39, 0.29) is 46.2 Å². The zero-order valence-electron chi connectivity index (χ0n) is 35.6. The van der Waals surface area contributed by atoms with Crippen molar-refractivity contribution in [2.24, 2.45) is 0 Å². The predicted octanol–water partition coefficient (Wildman–Crippen LogP) is 5.39. The summed E-state index contributed by atoms with van der Waals surface area (Å²) in [6.07, 6.45) is 4.97. The number of carbonyl (C=O) groups is 2. The van der Waals surface area contributed by atoms with Crippen molar-refractivity contribution in [2.45, 2.75) is 114 Å². The van der Waals surface area contributed by atoms with Gasteiger partial charge in [-0.1, -0.05) is 176 Å². The molecule has 6 rings (SSSR count). The minimum absolute atomic E-state index is 0.0436. The Morgan fingerprint density at radius 3 is 1.09 bits per heavy atom. The molecule has 0 aliphatic carbocycles. The third kappa shape index (κ3) is 9.92. The molecule has 0 saturated carbocycles. The fraction of sp³-hybridized carbons (Fsp3) is 0.458. The summed E-state index contributed by atoms with van der Waals surface area (Å²) in [7, 11) is -5.38. The van der Waals surface area contributed by atoms with Gasteiger partial charge in [0, 0.05) is 26.2 Å². The smallest absolute Gasteiger partial charge is 0.261 e. The molecular weight excluding hydrogens is 753 g/mol. The second-order valence-electron chi connectivity index (χ2n) is 18.2. The van der Waals surface area contributed by atoms with E-state index in [1.165, 1.54) is 20.7 Å². The normalized spacial score (nSPS) is 20.2. The van der Waals surface area contributed by atoms with E-state index in [2.05, 4.69) is 184 Å². The lowest BCUT2D eigenvalue weighted by Gasteiger charge is -2.44. The first-order valence-electron chi connectivity index (χ1n) is 21.4. The molecule has 0 aromatic heterocycles. The molecule has 0 bridgehead atoms. The molecule has 4 aromatic rings. The Kier molecular flexibility index (Phi) is 14.6. The lowest BCUT2D eigenvalue weighted by atomic mass is 10.1. The first-order valence-corrected chi connectivity index (χ1v) is 25.3. The van der Waals surface area contributed by atoms with E-state index in [1.807, 2.05) is 0 Å². The van der Waals surface area contributed by atoms with Crippen molar-refractivity contribution in [1.82, 2.24) is 21.3 Å². The van der Waals surface area contributed by atoms with Crippen molar-refractivity contribution >= 4 is 49.2 Å². The summed E-state index contributed by atoms with van der Waals surface area (Å²) in [5.41, 5.74) is 0. The lowest BCUT2D eigenvalue weighted by Crippen LogP contribution is -2.67. The van der Waals surface area contributed by atoms with E-state index in [0.29, 0.717) is 39.0 Å². The largest absolute Gasteiger partial charge is 0.403 e. The summed E-state index contributed by atoms with van der Waals surface area (Å²) in [5, 5.41) is 18.0. The topological polar surface area (TPSA) is 101 Å². The summed E-state index contributed by atoms with van der Waals surface area (Å²) in [6, 6.07) is 42.2. The number of unbranched alkanes of at least 4 members (excludes halogenated alkanes) is 3. The number of amides is 2. The SMILES string of the molecule is CC(C)(C)[Si](O[C@H]1CN[C@H](C(=O)NCCCCCCNC(=O)[C@@H]2C[C@@H](O[Si](c3ccccc3)(c3ccccc3)C(C)(C)C)CN2)C1)(c1ccccc1)c1ccccc1. The molecule has 0 unspecified atom stereocenters. The van der Waals surface area contributed by atoms with Gasteiger partial charge < -0.3 is 30.1 Å². The van der Waals surface area contributed by atoms with Crippen molar-refractivity contribution in [3.05, 3.63) is 121 Å². The first-order chi connectivity index (χ1) is 27.8. The maximum absolute atomic E-state index is 13.2. The Morgan fingerprint density at radius 2 is 0.810 bits per heavy atom. The Bertz CT molecular complexity index is 1670. The van der Waals surface area contributed by atoms with Crippen LogP contribution in [0.5, 0.6) is 0 Å². The molecule has 2 fully saturated rings. The molecule has 310 valence electrons. The van der Waals surface area contributed by atoms with Crippen molar-refractivity contribution in [1.29, 1.82) is 0 Å². The van der Waals surface area contributed by atoms with Crippen molar-refractivity contribution in [2.75, 3.05) is 26.2 Å². The minimum atomic E-state index is -2.69. The number of rotatable bonds is 17. The van der Waals surface area contributed by atoms with Gasteiger partial charge in [0.15, 0.2) is 0 Å². The van der Waals surface area contributed by atoms with Crippen LogP contribution in [0.15, 0.2) is 121 Å². The number of hydrogen-bond acceptors (Lipinski definition) is 6. The lowest BCUT2D eigenvalue weighted by molar-refractivity contribution is -0.123. The summed E-state index contributed by atoms with van der Waals surface area (Å²) in [4.78, 5) is 26.5. The molecule has 10 heteroatoms.